The first-order valence-electron chi connectivity index (χ1n) is 9.21. The van der Waals surface area contributed by atoms with Gasteiger partial charge >= 0.3 is 6.18 Å². The van der Waals surface area contributed by atoms with Gasteiger partial charge in [0.05, 0.1) is 10.6 Å². The summed E-state index contributed by atoms with van der Waals surface area (Å²) in [4.78, 5) is 3.56. The molecule has 6 nitrogen and oxygen atoms in total. The second-order valence-corrected chi connectivity index (χ2v) is 8.90. The van der Waals surface area contributed by atoms with Gasteiger partial charge in [-0.3, -0.25) is 14.7 Å². The fourth-order valence-electron chi connectivity index (χ4n) is 3.47. The average molecular weight is 446 g/mol. The van der Waals surface area contributed by atoms with Crippen LogP contribution in [-0.4, -0.2) is 25.8 Å². The lowest BCUT2D eigenvalue weighted by atomic mass is 10.0. The largest absolute Gasteiger partial charge is 0.433 e. The summed E-state index contributed by atoms with van der Waals surface area (Å²) in [6.07, 6.45) is -2.87. The van der Waals surface area contributed by atoms with Crippen LogP contribution in [0.15, 0.2) is 65.7 Å². The number of rotatable bonds is 4. The molecule has 3 aromatic rings. The first kappa shape index (κ1) is 20.9. The molecular weight excluding hydrogens is 429 g/mol. The van der Waals surface area contributed by atoms with Gasteiger partial charge < -0.3 is 5.73 Å². The molecule has 0 unspecified atom stereocenters. The zero-order valence-electron chi connectivity index (χ0n) is 16.0. The maximum atomic E-state index is 13.1. The Hall–Kier alpha value is -3.40. The van der Waals surface area contributed by atoms with Crippen molar-refractivity contribution in [3.63, 3.8) is 0 Å². The minimum Gasteiger partial charge on any atom is -0.384 e. The highest BCUT2D eigenvalue weighted by atomic mass is 32.2. The molecule has 4 rings (SSSR count). The van der Waals surface area contributed by atoms with Crippen molar-refractivity contribution in [3.05, 3.63) is 77.6 Å². The second-order valence-electron chi connectivity index (χ2n) is 7.04. The van der Waals surface area contributed by atoms with Crippen molar-refractivity contribution in [2.45, 2.75) is 17.5 Å². The van der Waals surface area contributed by atoms with E-state index in [0.717, 1.165) is 17.8 Å². The Labute approximate surface area is 176 Å². The summed E-state index contributed by atoms with van der Waals surface area (Å²) in [5.41, 5.74) is 7.35. The number of hydrogen-bond acceptors (Lipinski definition) is 4. The van der Waals surface area contributed by atoms with Crippen LogP contribution >= 0.6 is 0 Å². The Morgan fingerprint density at radius 3 is 2.29 bits per heavy atom. The second kappa shape index (κ2) is 7.38. The quantitative estimate of drug-likeness (QED) is 0.470. The molecule has 0 spiro atoms. The van der Waals surface area contributed by atoms with Gasteiger partial charge in [0.2, 0.25) is 0 Å². The van der Waals surface area contributed by atoms with Gasteiger partial charge in [-0.15, -0.1) is 0 Å². The third-order valence-corrected chi connectivity index (χ3v) is 6.90. The number of nitrogens with one attached hydrogen (secondary N) is 1. The van der Waals surface area contributed by atoms with Crippen molar-refractivity contribution in [2.75, 3.05) is 10.8 Å². The molecule has 0 saturated heterocycles. The highest BCUT2D eigenvalue weighted by molar-refractivity contribution is 7.92. The fourth-order valence-corrected chi connectivity index (χ4v) is 4.97. The zero-order chi connectivity index (χ0) is 22.4. The van der Waals surface area contributed by atoms with Crippen molar-refractivity contribution in [3.8, 4) is 11.1 Å². The molecule has 10 heteroatoms. The summed E-state index contributed by atoms with van der Waals surface area (Å²) in [6.45, 7) is 0.251. The van der Waals surface area contributed by atoms with Crippen LogP contribution in [0.5, 0.6) is 0 Å². The van der Waals surface area contributed by atoms with Gasteiger partial charge in [-0.1, -0.05) is 12.1 Å². The van der Waals surface area contributed by atoms with E-state index in [0.29, 0.717) is 28.8 Å². The van der Waals surface area contributed by atoms with E-state index < -0.39 is 21.9 Å². The summed E-state index contributed by atoms with van der Waals surface area (Å²) in [6, 6.07) is 13.1. The molecule has 0 atom stereocenters. The molecule has 1 aliphatic heterocycles. The van der Waals surface area contributed by atoms with Crippen molar-refractivity contribution in [2.24, 2.45) is 5.73 Å². The van der Waals surface area contributed by atoms with Crippen molar-refractivity contribution in [1.29, 1.82) is 5.41 Å². The third-order valence-electron chi connectivity index (χ3n) is 5.07. The van der Waals surface area contributed by atoms with Gasteiger partial charge in [0, 0.05) is 23.9 Å². The van der Waals surface area contributed by atoms with Gasteiger partial charge in [-0.05, 0) is 60.0 Å². The topological polar surface area (TPSA) is 100 Å². The molecule has 0 amide bonds. The van der Waals surface area contributed by atoms with E-state index in [9.17, 15) is 21.6 Å². The van der Waals surface area contributed by atoms with Crippen LogP contribution in [0.2, 0.25) is 0 Å². The molecule has 0 saturated carbocycles. The third kappa shape index (κ3) is 3.86. The maximum Gasteiger partial charge on any atom is 0.433 e. The smallest absolute Gasteiger partial charge is 0.384 e. The van der Waals surface area contributed by atoms with Gasteiger partial charge in [0.15, 0.2) is 0 Å². The van der Waals surface area contributed by atoms with E-state index in [2.05, 4.69) is 4.98 Å². The molecule has 1 aliphatic rings. The van der Waals surface area contributed by atoms with E-state index in [4.69, 9.17) is 11.1 Å². The Balaban J connectivity index is 1.63. The Morgan fingerprint density at radius 1 is 1.03 bits per heavy atom. The summed E-state index contributed by atoms with van der Waals surface area (Å²) in [5, 5.41) is 7.42. The van der Waals surface area contributed by atoms with Crippen LogP contribution < -0.4 is 10.0 Å². The lowest BCUT2D eigenvalue weighted by Gasteiger charge is -2.20. The number of sulfonamides is 1. The number of nitrogens with zero attached hydrogens (tertiary/aromatic N) is 2. The summed E-state index contributed by atoms with van der Waals surface area (Å²) >= 11 is 0. The summed E-state index contributed by atoms with van der Waals surface area (Å²) in [5.74, 6) is -0.152. The maximum absolute atomic E-state index is 13.1. The van der Waals surface area contributed by atoms with Crippen LogP contribution in [0.3, 0.4) is 0 Å². The molecule has 31 heavy (non-hydrogen) atoms. The molecule has 0 aliphatic carbocycles. The Morgan fingerprint density at radius 2 is 1.71 bits per heavy atom. The standard InChI is InChI=1S/C21H17F3N4O2S/c22-21(23,24)19-8-4-16(12-27-19)14-3-7-18-15(11-14)9-10-28(18)31(29,30)17-5-1-13(2-6-17)20(25)26/h1-8,11-12H,9-10H2,(H3,25,26). The number of nitrogen functional groups attached to an aromatic ring is 1. The number of pyridine rings is 1. The average Bonchev–Trinajstić information content (AvgIpc) is 3.17. The predicted molar refractivity (Wildman–Crippen MR) is 110 cm³/mol. The summed E-state index contributed by atoms with van der Waals surface area (Å²) in [7, 11) is -3.81. The molecule has 3 N–H and O–H groups in total. The van der Waals surface area contributed by atoms with Gasteiger partial charge in [0.1, 0.15) is 11.5 Å². The molecule has 0 radical (unpaired) electrons. The molecule has 0 fully saturated rings. The van der Waals surface area contributed by atoms with Crippen LogP contribution in [0, 0.1) is 5.41 Å². The van der Waals surface area contributed by atoms with E-state index in [1.54, 1.807) is 18.2 Å². The van der Waals surface area contributed by atoms with Crippen molar-refractivity contribution >= 4 is 21.5 Å². The number of halogens is 3. The number of benzene rings is 2. The molecule has 2 heterocycles. The highest BCUT2D eigenvalue weighted by Crippen LogP contribution is 2.36. The van der Waals surface area contributed by atoms with Crippen LogP contribution in [0.25, 0.3) is 11.1 Å². The normalized spacial score (nSPS) is 13.8. The number of anilines is 1. The molecule has 1 aromatic heterocycles. The number of fused-ring (bicyclic) bond motifs is 1. The molecule has 0 bridgehead atoms. The first-order chi connectivity index (χ1) is 14.6. The Bertz CT molecular complexity index is 1260. The van der Waals surface area contributed by atoms with Gasteiger partial charge in [-0.25, -0.2) is 8.42 Å². The number of nitrogens with two attached hydrogens (primary N) is 1. The van der Waals surface area contributed by atoms with E-state index in [-0.39, 0.29) is 17.3 Å². The van der Waals surface area contributed by atoms with Gasteiger partial charge in [-0.2, -0.15) is 13.2 Å². The van der Waals surface area contributed by atoms with Crippen LogP contribution in [0.4, 0.5) is 18.9 Å². The lowest BCUT2D eigenvalue weighted by Crippen LogP contribution is -2.29. The highest BCUT2D eigenvalue weighted by Gasteiger charge is 2.33. The van der Waals surface area contributed by atoms with Crippen LogP contribution in [-0.2, 0) is 22.6 Å². The predicted octanol–water partition coefficient (Wildman–Crippen LogP) is 3.80. The first-order valence-corrected chi connectivity index (χ1v) is 10.6. The zero-order valence-corrected chi connectivity index (χ0v) is 16.8. The van der Waals surface area contributed by atoms with Crippen molar-refractivity contribution < 1.29 is 21.6 Å². The van der Waals surface area contributed by atoms with Crippen LogP contribution in [0.1, 0.15) is 16.8 Å². The molecule has 160 valence electrons. The fraction of sp³-hybridized carbons (Fsp3) is 0.143. The Kier molecular flexibility index (Phi) is 4.97. The molecule has 2 aromatic carbocycles. The van der Waals surface area contributed by atoms with Gasteiger partial charge in [0.25, 0.3) is 10.0 Å². The number of hydrogen-bond donors (Lipinski definition) is 2. The number of aromatic nitrogens is 1. The van der Waals surface area contributed by atoms with E-state index in [1.807, 2.05) is 0 Å². The number of amidine groups is 1. The van der Waals surface area contributed by atoms with Crippen molar-refractivity contribution in [1.82, 2.24) is 4.98 Å². The van der Waals surface area contributed by atoms with E-state index in [1.165, 1.54) is 34.6 Å². The monoisotopic (exact) mass is 446 g/mol. The minimum atomic E-state index is -4.51. The lowest BCUT2D eigenvalue weighted by molar-refractivity contribution is -0.141. The number of alkyl halides is 3. The SMILES string of the molecule is N=C(N)c1ccc(S(=O)(=O)N2CCc3cc(-c4ccc(C(F)(F)F)nc4)ccc32)cc1. The van der Waals surface area contributed by atoms with E-state index >= 15 is 0 Å². The summed E-state index contributed by atoms with van der Waals surface area (Å²) < 4.78 is 65.6. The molecular formula is C21H17F3N4O2S. The minimum absolute atomic E-state index is 0.0846.